The predicted octanol–water partition coefficient (Wildman–Crippen LogP) is 6.44. The van der Waals surface area contributed by atoms with Crippen LogP contribution in [0.1, 0.15) is 99.8 Å². The van der Waals surface area contributed by atoms with Gasteiger partial charge in [0.2, 0.25) is 0 Å². The number of epoxide rings is 1. The van der Waals surface area contributed by atoms with Crippen LogP contribution in [0.15, 0.2) is 23.3 Å². The van der Waals surface area contributed by atoms with E-state index in [4.69, 9.17) is 4.74 Å². The zero-order chi connectivity index (χ0) is 24.0. The zero-order valence-corrected chi connectivity index (χ0v) is 22.2. The highest BCUT2D eigenvalue weighted by molar-refractivity contribution is 5.49. The van der Waals surface area contributed by atoms with Crippen molar-refractivity contribution in [2.75, 3.05) is 6.61 Å². The molecule has 5 aliphatic rings. The molecule has 33 heavy (non-hydrogen) atoms. The molecule has 0 aromatic rings. The van der Waals surface area contributed by atoms with Gasteiger partial charge in [-0.1, -0.05) is 53.7 Å². The number of aliphatic hydroxyl groups is 2. The monoisotopic (exact) mass is 456 g/mol. The molecule has 2 saturated carbocycles. The van der Waals surface area contributed by atoms with Gasteiger partial charge in [-0.05, 0) is 109 Å². The third kappa shape index (κ3) is 3.17. The minimum absolute atomic E-state index is 0.0296. The molecule has 0 unspecified atom stereocenters. The van der Waals surface area contributed by atoms with E-state index in [0.717, 1.165) is 31.6 Å². The quantitative estimate of drug-likeness (QED) is 0.468. The highest BCUT2D eigenvalue weighted by atomic mass is 16.6. The Morgan fingerprint density at radius 1 is 1.03 bits per heavy atom. The third-order valence-electron chi connectivity index (χ3n) is 12.2. The lowest BCUT2D eigenvalue weighted by Crippen LogP contribution is -2.54. The Morgan fingerprint density at radius 3 is 2.42 bits per heavy atom. The topological polar surface area (TPSA) is 53.0 Å². The normalized spacial score (nSPS) is 51.1. The van der Waals surface area contributed by atoms with Gasteiger partial charge in [0.25, 0.3) is 0 Å². The molecule has 3 nitrogen and oxygen atoms in total. The Kier molecular flexibility index (Phi) is 5.42. The van der Waals surface area contributed by atoms with Gasteiger partial charge >= 0.3 is 0 Å². The summed E-state index contributed by atoms with van der Waals surface area (Å²) in [5, 5.41) is 20.4. The minimum atomic E-state index is -0.281. The van der Waals surface area contributed by atoms with E-state index >= 15 is 0 Å². The summed E-state index contributed by atoms with van der Waals surface area (Å²) in [6, 6.07) is 0. The number of rotatable bonds is 5. The molecule has 5 rings (SSSR count). The Labute approximate surface area is 202 Å². The van der Waals surface area contributed by atoms with E-state index in [-0.39, 0.29) is 40.7 Å². The average molecular weight is 457 g/mol. The fourth-order valence-electron chi connectivity index (χ4n) is 9.35. The molecular weight excluding hydrogens is 408 g/mol. The average Bonchev–Trinajstić information content (AvgIpc) is 3.33. The van der Waals surface area contributed by atoms with Crippen molar-refractivity contribution >= 4 is 0 Å². The van der Waals surface area contributed by atoms with Crippen molar-refractivity contribution in [3.63, 3.8) is 0 Å². The van der Waals surface area contributed by atoms with Crippen LogP contribution in [0, 0.1) is 39.4 Å². The van der Waals surface area contributed by atoms with Crippen molar-refractivity contribution in [2.24, 2.45) is 39.4 Å². The van der Waals surface area contributed by atoms with Crippen molar-refractivity contribution in [3.05, 3.63) is 23.3 Å². The lowest BCUT2D eigenvalue weighted by Gasteiger charge is -2.61. The maximum atomic E-state index is 10.8. The first kappa shape index (κ1) is 24.1. The molecule has 0 bridgehead atoms. The fourth-order valence-corrected chi connectivity index (χ4v) is 9.35. The van der Waals surface area contributed by atoms with Crippen molar-refractivity contribution < 1.29 is 14.9 Å². The summed E-state index contributed by atoms with van der Waals surface area (Å²) in [7, 11) is 0. The van der Waals surface area contributed by atoms with Crippen LogP contribution < -0.4 is 0 Å². The minimum Gasteiger partial charge on any atom is -0.393 e. The van der Waals surface area contributed by atoms with Crippen LogP contribution in [0.25, 0.3) is 0 Å². The molecule has 4 aliphatic carbocycles. The maximum Gasteiger partial charge on any atom is 0.115 e. The summed E-state index contributed by atoms with van der Waals surface area (Å²) in [5.41, 5.74) is 3.74. The first-order valence-electron chi connectivity index (χ1n) is 13.7. The second-order valence-corrected chi connectivity index (χ2v) is 14.0. The van der Waals surface area contributed by atoms with Crippen molar-refractivity contribution in [3.8, 4) is 0 Å². The summed E-state index contributed by atoms with van der Waals surface area (Å²) >= 11 is 0. The summed E-state index contributed by atoms with van der Waals surface area (Å²) in [4.78, 5) is 0. The van der Waals surface area contributed by atoms with E-state index < -0.39 is 0 Å². The molecule has 1 saturated heterocycles. The second kappa shape index (κ2) is 7.43. The van der Waals surface area contributed by atoms with Gasteiger partial charge in [0.15, 0.2) is 0 Å². The molecule has 3 heteroatoms. The van der Waals surface area contributed by atoms with Gasteiger partial charge in [0.05, 0.1) is 18.8 Å². The first-order valence-corrected chi connectivity index (χ1v) is 13.7. The lowest BCUT2D eigenvalue weighted by molar-refractivity contribution is -0.0851. The molecule has 2 N–H and O–H groups in total. The summed E-state index contributed by atoms with van der Waals surface area (Å²) in [5.74, 6) is 1.93. The number of allylic oxidation sites excluding steroid dienone is 4. The molecule has 0 radical (unpaired) electrons. The van der Waals surface area contributed by atoms with Gasteiger partial charge in [-0.15, -0.1) is 0 Å². The van der Waals surface area contributed by atoms with Crippen LogP contribution in [0.2, 0.25) is 0 Å². The first-order chi connectivity index (χ1) is 15.3. The smallest absolute Gasteiger partial charge is 0.115 e. The van der Waals surface area contributed by atoms with Crippen LogP contribution in [-0.4, -0.2) is 34.6 Å². The molecule has 0 spiro atoms. The standard InChI is InChI=1S/C30H48O3/c1-19(8-11-25-30(7,18-31)33-25)20-12-16-29(6)22-9-10-23-26(2,3)24(32)14-15-27(23,4)21(22)13-17-28(20,29)5/h9,13,19-20,23-25,31-32H,8,10-12,14-18H2,1-7H3/t19-,20-,23+,24+,25-,27-,28-,29+,30+/m1/s1. The Bertz CT molecular complexity index is 872. The number of fused-ring (bicyclic) bond motifs is 5. The van der Waals surface area contributed by atoms with Crippen molar-refractivity contribution in [1.82, 2.24) is 0 Å². The van der Waals surface area contributed by atoms with Gasteiger partial charge in [-0.25, -0.2) is 0 Å². The number of ether oxygens (including phenoxy) is 1. The molecule has 1 heterocycles. The number of hydrogen-bond donors (Lipinski definition) is 2. The molecule has 186 valence electrons. The number of hydrogen-bond acceptors (Lipinski definition) is 3. The second-order valence-electron chi connectivity index (χ2n) is 14.0. The van der Waals surface area contributed by atoms with Gasteiger partial charge < -0.3 is 14.9 Å². The van der Waals surface area contributed by atoms with Crippen LogP contribution in [0.5, 0.6) is 0 Å². The molecule has 0 aromatic carbocycles. The Morgan fingerprint density at radius 2 is 1.76 bits per heavy atom. The molecule has 0 aromatic heterocycles. The third-order valence-corrected chi connectivity index (χ3v) is 12.2. The molecular formula is C30H48O3. The number of aliphatic hydroxyl groups excluding tert-OH is 2. The van der Waals surface area contributed by atoms with Gasteiger partial charge in [-0.2, -0.15) is 0 Å². The SMILES string of the molecule is C[C@H](CC[C@H]1O[C@@]1(C)CO)[C@H]1CC[C@@]2(C)C3=CC[C@H]4C(C)(C)[C@@H](O)CC[C@]4(C)C3=CC[C@]12C. The lowest BCUT2D eigenvalue weighted by atomic mass is 9.44. The van der Waals surface area contributed by atoms with E-state index in [1.165, 1.54) is 25.7 Å². The molecule has 9 atom stereocenters. The van der Waals surface area contributed by atoms with Crippen LogP contribution in [0.4, 0.5) is 0 Å². The highest BCUT2D eigenvalue weighted by Crippen LogP contribution is 2.71. The summed E-state index contributed by atoms with van der Waals surface area (Å²) < 4.78 is 5.79. The summed E-state index contributed by atoms with van der Waals surface area (Å²) in [6.45, 7) is 16.9. The van der Waals surface area contributed by atoms with Crippen molar-refractivity contribution in [1.29, 1.82) is 0 Å². The molecule has 1 aliphatic heterocycles. The Hall–Kier alpha value is -0.640. The van der Waals surface area contributed by atoms with E-state index in [0.29, 0.717) is 17.3 Å². The van der Waals surface area contributed by atoms with Crippen LogP contribution in [0.3, 0.4) is 0 Å². The van der Waals surface area contributed by atoms with Crippen LogP contribution in [-0.2, 0) is 4.74 Å². The Balaban J connectivity index is 1.40. The fraction of sp³-hybridized carbons (Fsp3) is 0.867. The summed E-state index contributed by atoms with van der Waals surface area (Å²) in [6.07, 6.45) is 14.5. The van der Waals surface area contributed by atoms with Gasteiger partial charge in [0, 0.05) is 0 Å². The molecule has 3 fully saturated rings. The van der Waals surface area contributed by atoms with Gasteiger partial charge in [0.1, 0.15) is 5.60 Å². The van der Waals surface area contributed by atoms with Crippen molar-refractivity contribution in [2.45, 2.75) is 118 Å². The van der Waals surface area contributed by atoms with E-state index in [9.17, 15) is 10.2 Å². The van der Waals surface area contributed by atoms with Gasteiger partial charge in [-0.3, -0.25) is 0 Å². The zero-order valence-electron chi connectivity index (χ0n) is 22.2. The van der Waals surface area contributed by atoms with E-state index in [1.54, 1.807) is 11.1 Å². The van der Waals surface area contributed by atoms with E-state index in [1.807, 2.05) is 6.92 Å². The maximum absolute atomic E-state index is 10.8. The van der Waals surface area contributed by atoms with Crippen LogP contribution >= 0.6 is 0 Å². The molecule has 0 amide bonds. The highest BCUT2D eigenvalue weighted by Gasteiger charge is 2.63. The largest absolute Gasteiger partial charge is 0.393 e. The van der Waals surface area contributed by atoms with E-state index in [2.05, 4.69) is 53.7 Å². The predicted molar refractivity (Wildman–Crippen MR) is 134 cm³/mol.